The van der Waals surface area contributed by atoms with E-state index in [9.17, 15) is 13.2 Å². The largest absolute Gasteiger partial charge is 0.340 e. The molecule has 1 aromatic carbocycles. The molecule has 0 saturated carbocycles. The molecule has 0 N–H and O–H groups in total. The first-order chi connectivity index (χ1) is 10.8. The lowest BCUT2D eigenvalue weighted by atomic mass is 10.1. The van der Waals surface area contributed by atoms with Crippen molar-refractivity contribution in [2.75, 3.05) is 26.2 Å². The number of carbonyl (C=O) groups is 1. The van der Waals surface area contributed by atoms with Crippen LogP contribution in [0.3, 0.4) is 0 Å². The number of hydrogen-bond acceptors (Lipinski definition) is 3. The van der Waals surface area contributed by atoms with Gasteiger partial charge < -0.3 is 4.90 Å². The second-order valence-electron chi connectivity index (χ2n) is 6.17. The highest BCUT2D eigenvalue weighted by Crippen LogP contribution is 2.21. The van der Waals surface area contributed by atoms with Gasteiger partial charge in [0.2, 0.25) is 15.9 Å². The van der Waals surface area contributed by atoms with Crippen molar-refractivity contribution in [3.8, 4) is 0 Å². The van der Waals surface area contributed by atoms with Gasteiger partial charge in [-0.05, 0) is 30.5 Å². The fourth-order valence-corrected chi connectivity index (χ4v) is 4.54. The van der Waals surface area contributed by atoms with Crippen molar-refractivity contribution in [1.82, 2.24) is 9.21 Å². The van der Waals surface area contributed by atoms with Crippen LogP contribution in [0.15, 0.2) is 33.6 Å². The third kappa shape index (κ3) is 4.78. The SMILES string of the molecule is CC(C)CCC(=O)N1CCN(S(=O)(=O)c2cccc(Br)c2)CC1. The van der Waals surface area contributed by atoms with Crippen LogP contribution in [0.2, 0.25) is 0 Å². The Balaban J connectivity index is 1.97. The maximum atomic E-state index is 12.6. The number of sulfonamides is 1. The molecule has 0 unspecified atom stereocenters. The Morgan fingerprint density at radius 2 is 1.87 bits per heavy atom. The van der Waals surface area contributed by atoms with E-state index in [1.165, 1.54) is 4.31 Å². The van der Waals surface area contributed by atoms with E-state index in [1.54, 1.807) is 29.2 Å². The molecule has 7 heteroatoms. The quantitative estimate of drug-likeness (QED) is 0.760. The summed E-state index contributed by atoms with van der Waals surface area (Å²) >= 11 is 3.30. The minimum absolute atomic E-state index is 0.123. The third-order valence-corrected chi connectivity index (χ3v) is 6.35. The van der Waals surface area contributed by atoms with E-state index in [-0.39, 0.29) is 10.8 Å². The molecule has 1 fully saturated rings. The van der Waals surface area contributed by atoms with E-state index in [2.05, 4.69) is 29.8 Å². The smallest absolute Gasteiger partial charge is 0.243 e. The lowest BCUT2D eigenvalue weighted by Gasteiger charge is -2.34. The van der Waals surface area contributed by atoms with Gasteiger partial charge in [0.25, 0.3) is 0 Å². The van der Waals surface area contributed by atoms with Crippen molar-refractivity contribution >= 4 is 31.9 Å². The van der Waals surface area contributed by atoms with Gasteiger partial charge in [-0.3, -0.25) is 4.79 Å². The number of halogens is 1. The van der Waals surface area contributed by atoms with Gasteiger partial charge in [-0.25, -0.2) is 8.42 Å². The molecule has 1 heterocycles. The normalized spacial score (nSPS) is 16.8. The number of carbonyl (C=O) groups excluding carboxylic acids is 1. The fraction of sp³-hybridized carbons (Fsp3) is 0.562. The van der Waals surface area contributed by atoms with Gasteiger partial charge in [0.15, 0.2) is 0 Å². The maximum absolute atomic E-state index is 12.6. The summed E-state index contributed by atoms with van der Waals surface area (Å²) in [6.45, 7) is 5.81. The van der Waals surface area contributed by atoms with Gasteiger partial charge in [0.05, 0.1) is 4.90 Å². The van der Waals surface area contributed by atoms with Crippen LogP contribution in [-0.4, -0.2) is 49.7 Å². The Kier molecular flexibility index (Phi) is 6.22. The summed E-state index contributed by atoms with van der Waals surface area (Å²) in [7, 11) is -3.49. The van der Waals surface area contributed by atoms with E-state index >= 15 is 0 Å². The second-order valence-corrected chi connectivity index (χ2v) is 9.03. The molecule has 0 aromatic heterocycles. The van der Waals surface area contributed by atoms with Gasteiger partial charge in [0, 0.05) is 37.1 Å². The molecule has 128 valence electrons. The van der Waals surface area contributed by atoms with E-state index in [1.807, 2.05) is 0 Å². The van der Waals surface area contributed by atoms with Crippen molar-refractivity contribution in [2.24, 2.45) is 5.92 Å². The first kappa shape index (κ1) is 18.4. The molecule has 0 radical (unpaired) electrons. The number of hydrogen-bond donors (Lipinski definition) is 0. The van der Waals surface area contributed by atoms with Crippen LogP contribution in [0.25, 0.3) is 0 Å². The van der Waals surface area contributed by atoms with Gasteiger partial charge in [-0.1, -0.05) is 35.8 Å². The molecular weight excluding hydrogens is 380 g/mol. The maximum Gasteiger partial charge on any atom is 0.243 e. The number of rotatable bonds is 5. The zero-order valence-corrected chi connectivity index (χ0v) is 15.9. The highest BCUT2D eigenvalue weighted by atomic mass is 79.9. The Morgan fingerprint density at radius 3 is 2.43 bits per heavy atom. The average Bonchev–Trinajstić information content (AvgIpc) is 2.52. The van der Waals surface area contributed by atoms with Crippen molar-refractivity contribution in [2.45, 2.75) is 31.6 Å². The van der Waals surface area contributed by atoms with E-state index in [0.29, 0.717) is 38.5 Å². The molecule has 23 heavy (non-hydrogen) atoms. The van der Waals surface area contributed by atoms with Gasteiger partial charge in [0.1, 0.15) is 0 Å². The second kappa shape index (κ2) is 7.77. The summed E-state index contributed by atoms with van der Waals surface area (Å²) in [4.78, 5) is 14.2. The molecule has 1 amide bonds. The zero-order chi connectivity index (χ0) is 17.0. The van der Waals surface area contributed by atoms with Crippen molar-refractivity contribution in [3.05, 3.63) is 28.7 Å². The van der Waals surface area contributed by atoms with Crippen LogP contribution in [0.5, 0.6) is 0 Å². The Hall–Kier alpha value is -0.920. The van der Waals surface area contributed by atoms with E-state index < -0.39 is 10.0 Å². The molecule has 1 aromatic rings. The predicted molar refractivity (Wildman–Crippen MR) is 93.6 cm³/mol. The number of benzene rings is 1. The van der Waals surface area contributed by atoms with Crippen LogP contribution >= 0.6 is 15.9 Å². The van der Waals surface area contributed by atoms with Crippen LogP contribution < -0.4 is 0 Å². The highest BCUT2D eigenvalue weighted by molar-refractivity contribution is 9.10. The van der Waals surface area contributed by atoms with Crippen molar-refractivity contribution in [3.63, 3.8) is 0 Å². The van der Waals surface area contributed by atoms with Crippen molar-refractivity contribution < 1.29 is 13.2 Å². The monoisotopic (exact) mass is 402 g/mol. The van der Waals surface area contributed by atoms with Crippen LogP contribution in [0.1, 0.15) is 26.7 Å². The van der Waals surface area contributed by atoms with Crippen LogP contribution in [0, 0.1) is 5.92 Å². The fourth-order valence-electron chi connectivity index (χ4n) is 2.52. The number of piperazine rings is 1. The van der Waals surface area contributed by atoms with E-state index in [4.69, 9.17) is 0 Å². The molecule has 0 aliphatic carbocycles. The molecular formula is C16H23BrN2O3S. The molecule has 1 saturated heterocycles. The first-order valence-corrected chi connectivity index (χ1v) is 10.1. The topological polar surface area (TPSA) is 57.7 Å². The molecule has 0 bridgehead atoms. The zero-order valence-electron chi connectivity index (χ0n) is 13.5. The Morgan fingerprint density at radius 1 is 1.22 bits per heavy atom. The first-order valence-electron chi connectivity index (χ1n) is 7.84. The summed E-state index contributed by atoms with van der Waals surface area (Å²) in [5.41, 5.74) is 0. The molecule has 1 aliphatic rings. The summed E-state index contributed by atoms with van der Waals surface area (Å²) in [6.07, 6.45) is 1.41. The summed E-state index contributed by atoms with van der Waals surface area (Å²) in [5.74, 6) is 0.621. The molecule has 1 aliphatic heterocycles. The minimum atomic E-state index is -3.49. The minimum Gasteiger partial charge on any atom is -0.340 e. The molecule has 0 atom stereocenters. The van der Waals surface area contributed by atoms with E-state index in [0.717, 1.165) is 10.9 Å². The Labute approximate surface area is 146 Å². The molecule has 5 nitrogen and oxygen atoms in total. The predicted octanol–water partition coefficient (Wildman–Crippen LogP) is 2.72. The van der Waals surface area contributed by atoms with Gasteiger partial charge >= 0.3 is 0 Å². The number of amides is 1. The summed E-state index contributed by atoms with van der Waals surface area (Å²) in [6, 6.07) is 6.71. The Bertz CT molecular complexity index is 653. The average molecular weight is 403 g/mol. The lowest BCUT2D eigenvalue weighted by molar-refractivity contribution is -0.132. The summed E-state index contributed by atoms with van der Waals surface area (Å²) < 4.78 is 27.5. The highest BCUT2D eigenvalue weighted by Gasteiger charge is 2.30. The van der Waals surface area contributed by atoms with Crippen molar-refractivity contribution in [1.29, 1.82) is 0 Å². The summed E-state index contributed by atoms with van der Waals surface area (Å²) in [5, 5.41) is 0. The van der Waals surface area contributed by atoms with Gasteiger partial charge in [-0.2, -0.15) is 4.31 Å². The number of nitrogens with zero attached hydrogens (tertiary/aromatic N) is 2. The lowest BCUT2D eigenvalue weighted by Crippen LogP contribution is -2.50. The van der Waals surface area contributed by atoms with Crippen LogP contribution in [0.4, 0.5) is 0 Å². The standard InChI is InChI=1S/C16H23BrN2O3S/c1-13(2)6-7-16(20)18-8-10-19(11-9-18)23(21,22)15-5-3-4-14(17)12-15/h3-5,12-13H,6-11H2,1-2H3. The van der Waals surface area contributed by atoms with Gasteiger partial charge in [-0.15, -0.1) is 0 Å². The molecule has 0 spiro atoms. The molecule has 2 rings (SSSR count). The third-order valence-electron chi connectivity index (χ3n) is 3.96. The van der Waals surface area contributed by atoms with Crippen LogP contribution in [-0.2, 0) is 14.8 Å².